The summed E-state index contributed by atoms with van der Waals surface area (Å²) in [7, 11) is 0. The van der Waals surface area contributed by atoms with Gasteiger partial charge in [0.15, 0.2) is 5.78 Å². The highest BCUT2D eigenvalue weighted by atomic mass is 32.1. The Morgan fingerprint density at radius 1 is 1.62 bits per heavy atom. The first-order chi connectivity index (χ1) is 7.66. The third-order valence-corrected chi connectivity index (χ3v) is 4.19. The summed E-state index contributed by atoms with van der Waals surface area (Å²) in [4.78, 5) is 16.2. The first-order valence-corrected chi connectivity index (χ1v) is 6.79. The Morgan fingerprint density at radius 3 is 2.88 bits per heavy atom. The van der Waals surface area contributed by atoms with Crippen LogP contribution in [0.5, 0.6) is 0 Å². The number of ketones is 1. The van der Waals surface area contributed by atoms with E-state index >= 15 is 0 Å². The Morgan fingerprint density at radius 2 is 2.31 bits per heavy atom. The van der Waals surface area contributed by atoms with Crippen molar-refractivity contribution in [2.24, 2.45) is 11.7 Å². The molecule has 0 aliphatic heterocycles. The number of nitrogens with two attached hydrogens (primary N) is 1. The van der Waals surface area contributed by atoms with Gasteiger partial charge in [0, 0.05) is 11.8 Å². The molecule has 1 fully saturated rings. The van der Waals surface area contributed by atoms with E-state index in [9.17, 15) is 4.79 Å². The fraction of sp³-hybridized carbons (Fsp3) is 0.667. The maximum Gasteiger partial charge on any atom is 0.182 e. The minimum Gasteiger partial charge on any atom is -0.322 e. The van der Waals surface area contributed by atoms with E-state index in [1.54, 1.807) is 0 Å². The predicted molar refractivity (Wildman–Crippen MR) is 65.6 cm³/mol. The molecule has 2 rings (SSSR count). The molecule has 16 heavy (non-hydrogen) atoms. The maximum absolute atomic E-state index is 11.9. The molecule has 1 saturated carbocycles. The second kappa shape index (κ2) is 5.06. The number of hydrogen-bond donors (Lipinski definition) is 1. The molecule has 1 atom stereocenters. The first kappa shape index (κ1) is 11.7. The van der Waals surface area contributed by atoms with Crippen LogP contribution in [0.2, 0.25) is 0 Å². The highest BCUT2D eigenvalue weighted by Crippen LogP contribution is 2.29. The smallest absolute Gasteiger partial charge is 0.182 e. The third-order valence-electron chi connectivity index (χ3n) is 3.15. The zero-order chi connectivity index (χ0) is 11.5. The van der Waals surface area contributed by atoms with E-state index in [4.69, 9.17) is 5.73 Å². The van der Waals surface area contributed by atoms with Crippen molar-refractivity contribution in [1.29, 1.82) is 0 Å². The van der Waals surface area contributed by atoms with Crippen molar-refractivity contribution in [3.63, 3.8) is 0 Å². The number of nitrogens with zero attached hydrogens (tertiary/aromatic N) is 1. The zero-order valence-electron chi connectivity index (χ0n) is 9.61. The van der Waals surface area contributed by atoms with Crippen LogP contribution in [0.15, 0.2) is 5.38 Å². The van der Waals surface area contributed by atoms with E-state index in [0.29, 0.717) is 18.0 Å². The molecule has 0 radical (unpaired) electrons. The highest BCUT2D eigenvalue weighted by molar-refractivity contribution is 7.09. The Labute approximate surface area is 100 Å². The molecule has 2 N–H and O–H groups in total. The van der Waals surface area contributed by atoms with Crippen LogP contribution in [-0.2, 0) is 0 Å². The van der Waals surface area contributed by atoms with E-state index in [-0.39, 0.29) is 11.8 Å². The average Bonchev–Trinajstić information content (AvgIpc) is 2.86. The molecule has 0 aromatic carbocycles. The summed E-state index contributed by atoms with van der Waals surface area (Å²) in [6, 6.07) is -0.0713. The van der Waals surface area contributed by atoms with Gasteiger partial charge >= 0.3 is 0 Å². The predicted octanol–water partition coefficient (Wildman–Crippen LogP) is 2.93. The van der Waals surface area contributed by atoms with Gasteiger partial charge in [-0.05, 0) is 12.8 Å². The largest absolute Gasteiger partial charge is 0.322 e. The van der Waals surface area contributed by atoms with Crippen LogP contribution in [0.4, 0.5) is 0 Å². The van der Waals surface area contributed by atoms with Crippen LogP contribution < -0.4 is 5.73 Å². The Balaban J connectivity index is 1.97. The summed E-state index contributed by atoms with van der Waals surface area (Å²) >= 11 is 1.49. The van der Waals surface area contributed by atoms with Gasteiger partial charge in [-0.15, -0.1) is 11.3 Å². The van der Waals surface area contributed by atoms with E-state index in [2.05, 4.69) is 4.98 Å². The lowest BCUT2D eigenvalue weighted by molar-refractivity contribution is 0.0957. The van der Waals surface area contributed by atoms with E-state index in [1.807, 2.05) is 12.3 Å². The lowest BCUT2D eigenvalue weighted by Crippen LogP contribution is -2.08. The van der Waals surface area contributed by atoms with E-state index < -0.39 is 0 Å². The molecule has 1 aromatic heterocycles. The van der Waals surface area contributed by atoms with Crippen LogP contribution in [0.25, 0.3) is 0 Å². The Bertz CT molecular complexity index is 367. The fourth-order valence-corrected chi connectivity index (χ4v) is 2.99. The minimum absolute atomic E-state index is 0.0713. The highest BCUT2D eigenvalue weighted by Gasteiger charge is 2.21. The summed E-state index contributed by atoms with van der Waals surface area (Å²) in [5.74, 6) is 0.781. The molecule has 0 saturated heterocycles. The quantitative estimate of drug-likeness (QED) is 0.820. The van der Waals surface area contributed by atoms with Gasteiger partial charge in [0.1, 0.15) is 10.7 Å². The van der Waals surface area contributed by atoms with Crippen LogP contribution in [0.3, 0.4) is 0 Å². The van der Waals surface area contributed by atoms with Crippen LogP contribution in [0.1, 0.15) is 60.6 Å². The summed E-state index contributed by atoms with van der Waals surface area (Å²) in [6.07, 6.45) is 5.63. The van der Waals surface area contributed by atoms with Crippen molar-refractivity contribution in [1.82, 2.24) is 4.98 Å². The molecule has 4 heteroatoms. The van der Waals surface area contributed by atoms with Crippen LogP contribution in [0, 0.1) is 5.92 Å². The van der Waals surface area contributed by atoms with Gasteiger partial charge in [-0.25, -0.2) is 4.98 Å². The SMILES string of the molecule is CC(N)c1nc(C(=O)CC2CCCC2)cs1. The summed E-state index contributed by atoms with van der Waals surface area (Å²) in [6.45, 7) is 1.89. The summed E-state index contributed by atoms with van der Waals surface area (Å²) in [5.41, 5.74) is 6.34. The van der Waals surface area contributed by atoms with Gasteiger partial charge in [-0.1, -0.05) is 25.7 Å². The maximum atomic E-state index is 11.9. The monoisotopic (exact) mass is 238 g/mol. The fourth-order valence-electron chi connectivity index (χ4n) is 2.21. The number of carbonyl (C=O) groups is 1. The van der Waals surface area contributed by atoms with Crippen molar-refractivity contribution in [2.75, 3.05) is 0 Å². The molecule has 3 nitrogen and oxygen atoms in total. The molecular formula is C12H18N2OS. The molecule has 1 aliphatic rings. The summed E-state index contributed by atoms with van der Waals surface area (Å²) < 4.78 is 0. The van der Waals surface area contributed by atoms with Crippen molar-refractivity contribution < 1.29 is 4.79 Å². The van der Waals surface area contributed by atoms with Crippen molar-refractivity contribution in [3.8, 4) is 0 Å². The second-order valence-electron chi connectivity index (χ2n) is 4.64. The van der Waals surface area contributed by atoms with Gasteiger partial charge < -0.3 is 5.73 Å². The second-order valence-corrected chi connectivity index (χ2v) is 5.53. The van der Waals surface area contributed by atoms with Gasteiger partial charge in [0.25, 0.3) is 0 Å². The van der Waals surface area contributed by atoms with Gasteiger partial charge in [0.05, 0.1) is 6.04 Å². The molecule has 1 unspecified atom stereocenters. The van der Waals surface area contributed by atoms with E-state index in [0.717, 1.165) is 5.01 Å². The topological polar surface area (TPSA) is 56.0 Å². The van der Waals surface area contributed by atoms with Crippen molar-refractivity contribution in [3.05, 3.63) is 16.1 Å². The normalized spacial score (nSPS) is 18.9. The first-order valence-electron chi connectivity index (χ1n) is 5.91. The third kappa shape index (κ3) is 2.68. The number of carbonyl (C=O) groups excluding carboxylic acids is 1. The molecule has 0 amide bonds. The Hall–Kier alpha value is -0.740. The number of hydrogen-bond acceptors (Lipinski definition) is 4. The van der Waals surface area contributed by atoms with Gasteiger partial charge in [-0.3, -0.25) is 4.79 Å². The summed E-state index contributed by atoms with van der Waals surface area (Å²) in [5, 5.41) is 2.70. The number of rotatable bonds is 4. The molecule has 1 aliphatic carbocycles. The lowest BCUT2D eigenvalue weighted by Gasteiger charge is -2.05. The molecular weight excluding hydrogens is 220 g/mol. The van der Waals surface area contributed by atoms with E-state index in [1.165, 1.54) is 37.0 Å². The van der Waals surface area contributed by atoms with Gasteiger partial charge in [0.2, 0.25) is 0 Å². The van der Waals surface area contributed by atoms with Gasteiger partial charge in [-0.2, -0.15) is 0 Å². The lowest BCUT2D eigenvalue weighted by atomic mass is 10.00. The number of thiazole rings is 1. The molecule has 0 spiro atoms. The molecule has 1 heterocycles. The molecule has 0 bridgehead atoms. The number of aromatic nitrogens is 1. The average molecular weight is 238 g/mol. The van der Waals surface area contributed by atoms with Crippen LogP contribution in [-0.4, -0.2) is 10.8 Å². The van der Waals surface area contributed by atoms with Crippen molar-refractivity contribution in [2.45, 2.75) is 45.1 Å². The van der Waals surface area contributed by atoms with Crippen LogP contribution >= 0.6 is 11.3 Å². The molecule has 88 valence electrons. The Kier molecular flexibility index (Phi) is 3.71. The van der Waals surface area contributed by atoms with Crippen molar-refractivity contribution >= 4 is 17.1 Å². The molecule has 1 aromatic rings. The zero-order valence-corrected chi connectivity index (χ0v) is 10.4. The standard InChI is InChI=1S/C12H18N2OS/c1-8(13)12-14-10(7-16-12)11(15)6-9-4-2-3-5-9/h7-9H,2-6,13H2,1H3. The number of Topliss-reactive ketones (excluding diaryl/α,β-unsaturated/α-hetero) is 1. The minimum atomic E-state index is -0.0713.